The summed E-state index contributed by atoms with van der Waals surface area (Å²) in [5.74, 6) is 1.47. The molecule has 3 N–H and O–H groups in total. The third kappa shape index (κ3) is 3.53. The van der Waals surface area contributed by atoms with E-state index in [1.54, 1.807) is 0 Å². The summed E-state index contributed by atoms with van der Waals surface area (Å²) in [7, 11) is 0. The Morgan fingerprint density at radius 2 is 2.12 bits per heavy atom. The quantitative estimate of drug-likeness (QED) is 0.862. The van der Waals surface area contributed by atoms with Gasteiger partial charge in [0.2, 0.25) is 5.91 Å². The van der Waals surface area contributed by atoms with Crippen molar-refractivity contribution in [1.82, 2.24) is 10.2 Å². The number of nitrogens with zero attached hydrogens (tertiary/aromatic N) is 1. The van der Waals surface area contributed by atoms with E-state index < -0.39 is 0 Å². The zero-order valence-electron chi connectivity index (χ0n) is 14.9. The Hall–Kier alpha value is -1.59. The molecule has 1 spiro atoms. The van der Waals surface area contributed by atoms with E-state index in [0.717, 1.165) is 57.5 Å². The SMILES string of the molecule is N[C@@H]1CCCN(C(=O)CC2CC3(CCNCC3)Oc3ccccc32)C1. The van der Waals surface area contributed by atoms with Crippen LogP contribution in [-0.4, -0.2) is 48.6 Å². The number of carbonyl (C=O) groups excluding carboxylic acids is 1. The molecular formula is C20H29N3O2. The van der Waals surface area contributed by atoms with Crippen molar-refractivity contribution in [2.45, 2.75) is 56.1 Å². The summed E-state index contributed by atoms with van der Waals surface area (Å²) in [6, 6.07) is 8.41. The van der Waals surface area contributed by atoms with Crippen LogP contribution in [0.1, 0.15) is 50.0 Å². The molecule has 0 aromatic heterocycles. The topological polar surface area (TPSA) is 67.6 Å². The molecule has 1 amide bonds. The molecule has 3 aliphatic rings. The molecule has 2 fully saturated rings. The van der Waals surface area contributed by atoms with Gasteiger partial charge >= 0.3 is 0 Å². The average molecular weight is 343 g/mol. The molecule has 1 aromatic carbocycles. The maximum Gasteiger partial charge on any atom is 0.223 e. The second-order valence-corrected chi connectivity index (χ2v) is 7.92. The highest BCUT2D eigenvalue weighted by Crippen LogP contribution is 2.46. The molecule has 25 heavy (non-hydrogen) atoms. The highest BCUT2D eigenvalue weighted by atomic mass is 16.5. The Morgan fingerprint density at radius 3 is 2.92 bits per heavy atom. The number of benzene rings is 1. The number of fused-ring (bicyclic) bond motifs is 1. The van der Waals surface area contributed by atoms with Gasteiger partial charge in [-0.25, -0.2) is 0 Å². The fourth-order valence-corrected chi connectivity index (χ4v) is 4.69. The minimum Gasteiger partial charge on any atom is -0.487 e. The smallest absolute Gasteiger partial charge is 0.223 e. The molecule has 136 valence electrons. The van der Waals surface area contributed by atoms with Crippen molar-refractivity contribution in [3.63, 3.8) is 0 Å². The molecular weight excluding hydrogens is 314 g/mol. The van der Waals surface area contributed by atoms with Gasteiger partial charge in [0.15, 0.2) is 0 Å². The summed E-state index contributed by atoms with van der Waals surface area (Å²) < 4.78 is 6.45. The van der Waals surface area contributed by atoms with E-state index in [2.05, 4.69) is 23.5 Å². The monoisotopic (exact) mass is 343 g/mol. The number of nitrogens with one attached hydrogen (secondary N) is 1. The lowest BCUT2D eigenvalue weighted by Crippen LogP contribution is -2.50. The van der Waals surface area contributed by atoms with Gasteiger partial charge in [-0.3, -0.25) is 4.79 Å². The Kier molecular flexibility index (Phi) is 4.69. The molecule has 0 radical (unpaired) electrons. The van der Waals surface area contributed by atoms with Crippen LogP contribution in [0.25, 0.3) is 0 Å². The molecule has 0 saturated carbocycles. The molecule has 0 aliphatic carbocycles. The molecule has 4 rings (SSSR count). The zero-order valence-corrected chi connectivity index (χ0v) is 14.9. The van der Waals surface area contributed by atoms with Gasteiger partial charge < -0.3 is 20.7 Å². The number of para-hydroxylation sites is 1. The Labute approximate surface area is 149 Å². The van der Waals surface area contributed by atoms with Crippen LogP contribution in [0.15, 0.2) is 24.3 Å². The van der Waals surface area contributed by atoms with E-state index in [1.807, 2.05) is 11.0 Å². The first-order valence-electron chi connectivity index (χ1n) is 9.67. The van der Waals surface area contributed by atoms with Gasteiger partial charge in [-0.2, -0.15) is 0 Å². The van der Waals surface area contributed by atoms with Crippen LogP contribution in [0.4, 0.5) is 0 Å². The second kappa shape index (κ2) is 6.96. The number of carbonyl (C=O) groups is 1. The summed E-state index contributed by atoms with van der Waals surface area (Å²) in [6.45, 7) is 3.54. The van der Waals surface area contributed by atoms with Crippen molar-refractivity contribution < 1.29 is 9.53 Å². The Morgan fingerprint density at radius 1 is 1.32 bits per heavy atom. The van der Waals surface area contributed by atoms with Crippen LogP contribution >= 0.6 is 0 Å². The minimum absolute atomic E-state index is 0.108. The van der Waals surface area contributed by atoms with Crippen molar-refractivity contribution in [2.75, 3.05) is 26.2 Å². The zero-order chi connectivity index (χ0) is 17.3. The van der Waals surface area contributed by atoms with E-state index in [9.17, 15) is 4.79 Å². The minimum atomic E-state index is -0.108. The largest absolute Gasteiger partial charge is 0.487 e. The van der Waals surface area contributed by atoms with Crippen LogP contribution < -0.4 is 15.8 Å². The number of piperidine rings is 2. The van der Waals surface area contributed by atoms with Crippen molar-refractivity contribution in [3.8, 4) is 5.75 Å². The first kappa shape index (κ1) is 16.9. The first-order valence-corrected chi connectivity index (χ1v) is 9.67. The lowest BCUT2D eigenvalue weighted by atomic mass is 9.76. The highest BCUT2D eigenvalue weighted by molar-refractivity contribution is 5.77. The lowest BCUT2D eigenvalue weighted by Gasteiger charge is -2.45. The van der Waals surface area contributed by atoms with Gasteiger partial charge in [0.05, 0.1) is 0 Å². The number of rotatable bonds is 2. The first-order chi connectivity index (χ1) is 12.2. The van der Waals surface area contributed by atoms with Crippen LogP contribution in [0.5, 0.6) is 5.75 Å². The van der Waals surface area contributed by atoms with E-state index in [-0.39, 0.29) is 23.5 Å². The van der Waals surface area contributed by atoms with Crippen molar-refractivity contribution in [3.05, 3.63) is 29.8 Å². The van der Waals surface area contributed by atoms with E-state index in [1.165, 1.54) is 5.56 Å². The van der Waals surface area contributed by atoms with Crippen LogP contribution in [-0.2, 0) is 4.79 Å². The van der Waals surface area contributed by atoms with Crippen molar-refractivity contribution in [2.24, 2.45) is 5.73 Å². The van der Waals surface area contributed by atoms with Crippen LogP contribution in [0.3, 0.4) is 0 Å². The Balaban J connectivity index is 1.53. The number of amides is 1. The maximum absolute atomic E-state index is 12.9. The van der Waals surface area contributed by atoms with E-state index in [0.29, 0.717) is 13.0 Å². The Bertz CT molecular complexity index is 627. The van der Waals surface area contributed by atoms with Gasteiger partial charge in [0, 0.05) is 31.5 Å². The molecule has 2 atom stereocenters. The molecule has 5 heteroatoms. The van der Waals surface area contributed by atoms with Crippen molar-refractivity contribution >= 4 is 5.91 Å². The third-order valence-corrected chi connectivity index (χ3v) is 6.05. The predicted octanol–water partition coefficient (Wildman–Crippen LogP) is 2.01. The fourth-order valence-electron chi connectivity index (χ4n) is 4.69. The van der Waals surface area contributed by atoms with Gasteiger partial charge in [-0.05, 0) is 56.8 Å². The summed E-state index contributed by atoms with van der Waals surface area (Å²) in [6.07, 6.45) is 5.59. The van der Waals surface area contributed by atoms with Gasteiger partial charge in [-0.1, -0.05) is 18.2 Å². The lowest BCUT2D eigenvalue weighted by molar-refractivity contribution is -0.133. The molecule has 5 nitrogen and oxygen atoms in total. The molecule has 3 aliphatic heterocycles. The number of hydrogen-bond donors (Lipinski definition) is 2. The molecule has 1 unspecified atom stereocenters. The maximum atomic E-state index is 12.9. The van der Waals surface area contributed by atoms with Crippen LogP contribution in [0, 0.1) is 0 Å². The highest BCUT2D eigenvalue weighted by Gasteiger charge is 2.42. The summed E-state index contributed by atoms with van der Waals surface area (Å²) in [4.78, 5) is 14.9. The number of hydrogen-bond acceptors (Lipinski definition) is 4. The van der Waals surface area contributed by atoms with Gasteiger partial charge in [0.25, 0.3) is 0 Å². The van der Waals surface area contributed by atoms with E-state index in [4.69, 9.17) is 10.5 Å². The number of ether oxygens (including phenoxy) is 1. The van der Waals surface area contributed by atoms with Gasteiger partial charge in [-0.15, -0.1) is 0 Å². The number of nitrogens with two attached hydrogens (primary N) is 1. The predicted molar refractivity (Wildman–Crippen MR) is 97.7 cm³/mol. The number of likely N-dealkylation sites (tertiary alicyclic amines) is 1. The molecule has 2 saturated heterocycles. The summed E-state index contributed by atoms with van der Waals surface area (Å²) >= 11 is 0. The van der Waals surface area contributed by atoms with Crippen LogP contribution in [0.2, 0.25) is 0 Å². The third-order valence-electron chi connectivity index (χ3n) is 6.05. The van der Waals surface area contributed by atoms with Crippen molar-refractivity contribution in [1.29, 1.82) is 0 Å². The second-order valence-electron chi connectivity index (χ2n) is 7.92. The summed E-state index contributed by atoms with van der Waals surface area (Å²) in [5, 5.41) is 3.42. The molecule has 1 aromatic rings. The standard InChI is InChI=1S/C20H29N3O2/c21-16-4-3-11-23(14-16)19(24)12-15-13-20(7-9-22-10-8-20)25-18-6-2-1-5-17(15)18/h1-2,5-6,15-16,22H,3-4,7-14,21H2/t15?,16-/m1/s1. The summed E-state index contributed by atoms with van der Waals surface area (Å²) in [5.41, 5.74) is 7.15. The molecule has 0 bridgehead atoms. The van der Waals surface area contributed by atoms with E-state index >= 15 is 0 Å². The average Bonchev–Trinajstić information content (AvgIpc) is 2.62. The molecule has 3 heterocycles. The fraction of sp³-hybridized carbons (Fsp3) is 0.650. The van der Waals surface area contributed by atoms with Gasteiger partial charge in [0.1, 0.15) is 11.4 Å². The normalized spacial score (nSPS) is 28.3.